The van der Waals surface area contributed by atoms with Crippen molar-refractivity contribution in [2.45, 2.75) is 106 Å². The summed E-state index contributed by atoms with van der Waals surface area (Å²) in [5.41, 5.74) is 4.36. The number of nitrogens with one attached hydrogen (secondary N) is 2. The van der Waals surface area contributed by atoms with Crippen molar-refractivity contribution in [3.63, 3.8) is 0 Å². The molecule has 2 heterocycles. The third-order valence-corrected chi connectivity index (χ3v) is 13.3. The lowest BCUT2D eigenvalue weighted by Crippen LogP contribution is -2.64. The van der Waals surface area contributed by atoms with E-state index in [1.54, 1.807) is 23.9 Å². The molecule has 7 atom stereocenters. The van der Waals surface area contributed by atoms with Crippen LogP contribution in [0.15, 0.2) is 107 Å². The molecule has 61 heavy (non-hydrogen) atoms. The number of hydrogen-bond acceptors (Lipinski definition) is 11. The molecule has 2 aliphatic carbocycles. The molecule has 2 fully saturated rings. The number of benzene rings is 3. The zero-order chi connectivity index (χ0) is 42.6. The van der Waals surface area contributed by atoms with Gasteiger partial charge in [-0.1, -0.05) is 60.5 Å². The molecule has 12 nitrogen and oxygen atoms in total. The Morgan fingerprint density at radius 3 is 2.51 bits per heavy atom. The molecule has 3 aromatic carbocycles. The van der Waals surface area contributed by atoms with Crippen LogP contribution < -0.4 is 20.1 Å². The second-order valence-electron chi connectivity index (χ2n) is 16.2. The van der Waals surface area contributed by atoms with Crippen molar-refractivity contribution in [1.82, 2.24) is 5.32 Å². The smallest absolute Gasteiger partial charge is 0.412 e. The van der Waals surface area contributed by atoms with Crippen molar-refractivity contribution < 1.29 is 43.6 Å². The molecule has 1 unspecified atom stereocenters. The molecule has 1 saturated heterocycles. The van der Waals surface area contributed by atoms with Crippen LogP contribution in [-0.2, 0) is 25.7 Å². The van der Waals surface area contributed by atoms with Gasteiger partial charge in [0, 0.05) is 61.6 Å². The van der Waals surface area contributed by atoms with Crippen LogP contribution in [0.3, 0.4) is 0 Å². The summed E-state index contributed by atoms with van der Waals surface area (Å²) in [6.07, 6.45) is 10.9. The number of oxime groups is 1. The third-order valence-electron chi connectivity index (χ3n) is 12.0. The fourth-order valence-corrected chi connectivity index (χ4v) is 10.6. The molecule has 0 radical (unpaired) electrons. The van der Waals surface area contributed by atoms with E-state index in [9.17, 15) is 19.8 Å². The van der Waals surface area contributed by atoms with E-state index in [0.717, 1.165) is 72.3 Å². The van der Waals surface area contributed by atoms with Gasteiger partial charge in [-0.25, -0.2) is 4.79 Å². The quantitative estimate of drug-likeness (QED) is 0.0522. The van der Waals surface area contributed by atoms with E-state index < -0.39 is 18.2 Å². The van der Waals surface area contributed by atoms with E-state index >= 15 is 0 Å². The Morgan fingerprint density at radius 1 is 1.00 bits per heavy atom. The van der Waals surface area contributed by atoms with Crippen LogP contribution in [0.4, 0.5) is 10.5 Å². The topological polar surface area (TPSA) is 157 Å². The van der Waals surface area contributed by atoms with Crippen molar-refractivity contribution in [2.75, 3.05) is 31.7 Å². The summed E-state index contributed by atoms with van der Waals surface area (Å²) in [6, 6.07) is 23.0. The molecule has 3 aromatic rings. The van der Waals surface area contributed by atoms with Crippen LogP contribution in [0.25, 0.3) is 0 Å². The number of carbonyl (C=O) groups is 2. The van der Waals surface area contributed by atoms with Crippen molar-refractivity contribution in [3.8, 4) is 11.5 Å². The SMILES string of the molecule is C=CCO[C@@]12Oc3ccc(OC(=O)NCc4ccccc4)cc3[C@H]3[C@H](CCCCO)[C@@H](CCCCO)C=C(C(=NOC4CCCCO4)C[C@@H]1Sc1ccc(NC(C)=O)cc1)[C@H]32. The van der Waals surface area contributed by atoms with Gasteiger partial charge in [0.2, 0.25) is 18.0 Å². The summed E-state index contributed by atoms with van der Waals surface area (Å²) in [7, 11) is 0. The molecule has 0 bridgehead atoms. The number of aliphatic hydroxyl groups is 2. The number of unbranched alkanes of at least 4 members (excludes halogenated alkanes) is 2. The molecule has 13 heteroatoms. The van der Waals surface area contributed by atoms with Crippen molar-refractivity contribution in [1.29, 1.82) is 0 Å². The Balaban J connectivity index is 1.34. The number of allylic oxidation sites excluding steroid dienone is 1. The molecule has 326 valence electrons. The maximum Gasteiger partial charge on any atom is 0.412 e. The molecule has 2 aliphatic heterocycles. The lowest BCUT2D eigenvalue weighted by Gasteiger charge is -2.58. The van der Waals surface area contributed by atoms with Gasteiger partial charge in [0.25, 0.3) is 0 Å². The summed E-state index contributed by atoms with van der Waals surface area (Å²) in [5.74, 6) is -0.733. The van der Waals surface area contributed by atoms with Gasteiger partial charge in [0.05, 0.1) is 30.1 Å². The standard InChI is InChI=1S/C48H59N3O9S/c1-3-26-57-48-43(61-37-21-18-35(19-22-37)50-32(2)54)30-41(51-60-44-17-9-12-27-56-44)39-28-34(15-7-10-24-52)38(16-8-11-25-53)45(46(39)48)40-29-36(20-23-42(40)59-48)58-47(55)49-31-33-13-5-4-6-14-33/h3-6,13-14,18-23,28-29,34,38,43-46,52-53H,1,7-12,15-17,24-27,30-31H2,2H3,(H,49,55)(H,50,54)/t34-,38+,43-,44?,45+,46+,48+/m0/s1. The first-order valence-electron chi connectivity index (χ1n) is 21.7. The summed E-state index contributed by atoms with van der Waals surface area (Å²) < 4.78 is 26.3. The average molecular weight is 854 g/mol. The minimum Gasteiger partial charge on any atom is -0.460 e. The van der Waals surface area contributed by atoms with E-state index in [0.29, 0.717) is 49.6 Å². The van der Waals surface area contributed by atoms with Gasteiger partial charge in [-0.05, 0) is 104 Å². The molecular formula is C48H59N3O9S. The first kappa shape index (κ1) is 44.4. The maximum atomic E-state index is 13.2. The summed E-state index contributed by atoms with van der Waals surface area (Å²) >= 11 is 1.63. The normalized spacial score (nSPS) is 25.9. The molecule has 0 aromatic heterocycles. The number of rotatable bonds is 19. The number of ether oxygens (including phenoxy) is 4. The first-order valence-corrected chi connectivity index (χ1v) is 22.6. The fraction of sp³-hybridized carbons (Fsp3) is 0.479. The fourth-order valence-electron chi connectivity index (χ4n) is 9.30. The van der Waals surface area contributed by atoms with Crippen LogP contribution in [0.5, 0.6) is 11.5 Å². The predicted molar refractivity (Wildman–Crippen MR) is 236 cm³/mol. The molecule has 4 N–H and O–H groups in total. The highest BCUT2D eigenvalue weighted by Gasteiger charge is 2.64. The highest BCUT2D eigenvalue weighted by atomic mass is 32.2. The van der Waals surface area contributed by atoms with Crippen molar-refractivity contribution in [3.05, 3.63) is 108 Å². The van der Waals surface area contributed by atoms with Crippen LogP contribution in [0.1, 0.15) is 88.2 Å². The van der Waals surface area contributed by atoms with E-state index in [1.807, 2.05) is 66.7 Å². The number of hydrogen-bond donors (Lipinski definition) is 4. The molecule has 0 spiro atoms. The Bertz CT molecular complexity index is 2000. The van der Waals surface area contributed by atoms with Gasteiger partial charge in [0.15, 0.2) is 0 Å². The minimum absolute atomic E-state index is 0.0695. The zero-order valence-corrected chi connectivity index (χ0v) is 35.8. The summed E-state index contributed by atoms with van der Waals surface area (Å²) in [4.78, 5) is 32.3. The summed E-state index contributed by atoms with van der Waals surface area (Å²) in [5, 5.41) is 30.2. The number of carbonyl (C=O) groups excluding carboxylic acids is 2. The van der Waals surface area contributed by atoms with Crippen LogP contribution >= 0.6 is 11.8 Å². The zero-order valence-electron chi connectivity index (χ0n) is 35.0. The van der Waals surface area contributed by atoms with Crippen LogP contribution in [0, 0.1) is 17.8 Å². The van der Waals surface area contributed by atoms with Gasteiger partial charge in [0.1, 0.15) is 11.5 Å². The highest BCUT2D eigenvalue weighted by Crippen LogP contribution is 2.63. The number of amides is 2. The van der Waals surface area contributed by atoms with Crippen molar-refractivity contribution in [2.24, 2.45) is 22.9 Å². The average Bonchev–Trinajstić information content (AvgIpc) is 3.27. The second-order valence-corrected chi connectivity index (χ2v) is 17.5. The number of nitrogens with zero attached hydrogens (tertiary/aromatic N) is 1. The number of aliphatic hydroxyl groups excluding tert-OH is 2. The molecule has 2 amide bonds. The third kappa shape index (κ3) is 10.9. The Morgan fingerprint density at radius 2 is 1.79 bits per heavy atom. The van der Waals surface area contributed by atoms with E-state index in [2.05, 4.69) is 23.3 Å². The molecule has 7 rings (SSSR count). The van der Waals surface area contributed by atoms with Crippen molar-refractivity contribution >= 4 is 35.2 Å². The lowest BCUT2D eigenvalue weighted by atomic mass is 9.56. The van der Waals surface area contributed by atoms with E-state index in [1.165, 1.54) is 6.92 Å². The number of anilines is 1. The Hall–Kier alpha value is -4.66. The van der Waals surface area contributed by atoms with Crippen LogP contribution in [-0.4, -0.2) is 71.7 Å². The summed E-state index contributed by atoms with van der Waals surface area (Å²) in [6.45, 7) is 6.89. The molecule has 1 saturated carbocycles. The van der Waals surface area contributed by atoms with Gasteiger partial charge in [-0.15, -0.1) is 18.3 Å². The molecular weight excluding hydrogens is 795 g/mol. The maximum absolute atomic E-state index is 13.2. The number of thioether (sulfide) groups is 1. The number of fused-ring (bicyclic) bond motifs is 2. The predicted octanol–water partition coefficient (Wildman–Crippen LogP) is 8.89. The minimum atomic E-state index is -1.21. The van der Waals surface area contributed by atoms with Gasteiger partial charge >= 0.3 is 6.09 Å². The monoisotopic (exact) mass is 853 g/mol. The van der Waals surface area contributed by atoms with Gasteiger partial charge in [-0.3, -0.25) is 4.79 Å². The largest absolute Gasteiger partial charge is 0.460 e. The van der Waals surface area contributed by atoms with Crippen LogP contribution in [0.2, 0.25) is 0 Å². The highest BCUT2D eigenvalue weighted by molar-refractivity contribution is 8.00. The first-order chi connectivity index (χ1) is 29.8. The lowest BCUT2D eigenvalue weighted by molar-refractivity contribution is -0.223. The van der Waals surface area contributed by atoms with Gasteiger partial charge in [-0.2, -0.15) is 0 Å². The Kier molecular flexibility index (Phi) is 15.6. The molecule has 4 aliphatic rings. The second kappa shape index (κ2) is 21.4. The van der Waals surface area contributed by atoms with E-state index in [-0.39, 0.29) is 54.6 Å². The Labute approximate surface area is 363 Å². The van der Waals surface area contributed by atoms with E-state index in [4.69, 9.17) is 28.9 Å². The van der Waals surface area contributed by atoms with Gasteiger partial charge < -0.3 is 44.6 Å².